The summed E-state index contributed by atoms with van der Waals surface area (Å²) >= 11 is 1.65. The third-order valence-corrected chi connectivity index (χ3v) is 4.51. The van der Waals surface area contributed by atoms with Crippen LogP contribution < -0.4 is 11.3 Å². The van der Waals surface area contributed by atoms with Crippen molar-refractivity contribution < 1.29 is 0 Å². The standard InChI is InChI=1S/C16H22N2OS/c1-5-11(2)18-13(14-7-6-10-20-14)9-8-12(15(18)19)16(3,4)17/h6-11H,5,17H2,1-4H3. The first-order valence-corrected chi connectivity index (χ1v) is 7.83. The molecule has 0 saturated heterocycles. The van der Waals surface area contributed by atoms with Crippen LogP contribution >= 0.6 is 11.3 Å². The van der Waals surface area contributed by atoms with E-state index >= 15 is 0 Å². The molecule has 2 aromatic heterocycles. The highest BCUT2D eigenvalue weighted by Crippen LogP contribution is 2.28. The maximum atomic E-state index is 12.8. The fraction of sp³-hybridized carbons (Fsp3) is 0.438. The Balaban J connectivity index is 2.72. The van der Waals surface area contributed by atoms with E-state index < -0.39 is 5.54 Å². The zero-order chi connectivity index (χ0) is 14.9. The van der Waals surface area contributed by atoms with Gasteiger partial charge in [-0.15, -0.1) is 11.3 Å². The first kappa shape index (κ1) is 15.0. The Labute approximate surface area is 124 Å². The molecule has 0 fully saturated rings. The van der Waals surface area contributed by atoms with Crippen molar-refractivity contribution in [3.8, 4) is 10.6 Å². The topological polar surface area (TPSA) is 48.0 Å². The number of rotatable bonds is 4. The molecule has 2 heterocycles. The lowest BCUT2D eigenvalue weighted by Crippen LogP contribution is -2.39. The van der Waals surface area contributed by atoms with E-state index in [2.05, 4.69) is 13.8 Å². The Morgan fingerprint density at radius 2 is 2.05 bits per heavy atom. The van der Waals surface area contributed by atoms with Gasteiger partial charge in [-0.2, -0.15) is 0 Å². The average molecular weight is 290 g/mol. The number of aromatic nitrogens is 1. The van der Waals surface area contributed by atoms with Crippen LogP contribution in [0.4, 0.5) is 0 Å². The number of nitrogens with zero attached hydrogens (tertiary/aromatic N) is 1. The van der Waals surface area contributed by atoms with Crippen LogP contribution in [0, 0.1) is 0 Å². The molecule has 1 atom stereocenters. The van der Waals surface area contributed by atoms with Crippen LogP contribution in [0.15, 0.2) is 34.4 Å². The molecule has 0 aliphatic heterocycles. The van der Waals surface area contributed by atoms with E-state index in [-0.39, 0.29) is 11.6 Å². The summed E-state index contributed by atoms with van der Waals surface area (Å²) in [5, 5.41) is 2.03. The van der Waals surface area contributed by atoms with Gasteiger partial charge >= 0.3 is 0 Å². The summed E-state index contributed by atoms with van der Waals surface area (Å²) in [5.74, 6) is 0. The number of hydrogen-bond acceptors (Lipinski definition) is 3. The summed E-state index contributed by atoms with van der Waals surface area (Å²) in [6.45, 7) is 7.91. The molecule has 108 valence electrons. The van der Waals surface area contributed by atoms with Gasteiger partial charge in [0.1, 0.15) is 0 Å². The van der Waals surface area contributed by atoms with E-state index in [0.717, 1.165) is 17.0 Å². The van der Waals surface area contributed by atoms with Gasteiger partial charge < -0.3 is 10.3 Å². The number of pyridine rings is 1. The summed E-state index contributed by atoms with van der Waals surface area (Å²) in [7, 11) is 0. The summed E-state index contributed by atoms with van der Waals surface area (Å²) in [6.07, 6.45) is 0.909. The van der Waals surface area contributed by atoms with Crippen molar-refractivity contribution in [2.75, 3.05) is 0 Å². The minimum absolute atomic E-state index is 0.0257. The molecular weight excluding hydrogens is 268 g/mol. The minimum Gasteiger partial charge on any atom is -0.322 e. The quantitative estimate of drug-likeness (QED) is 0.932. The lowest BCUT2D eigenvalue weighted by atomic mass is 9.96. The van der Waals surface area contributed by atoms with Crippen LogP contribution in [-0.2, 0) is 5.54 Å². The fourth-order valence-corrected chi connectivity index (χ4v) is 3.04. The van der Waals surface area contributed by atoms with Gasteiger partial charge in [0.05, 0.1) is 10.6 Å². The predicted octanol–water partition coefficient (Wildman–Crippen LogP) is 3.74. The van der Waals surface area contributed by atoms with E-state index in [1.807, 2.05) is 48.1 Å². The fourth-order valence-electron chi connectivity index (χ4n) is 2.29. The van der Waals surface area contributed by atoms with Crippen molar-refractivity contribution in [3.05, 3.63) is 45.6 Å². The van der Waals surface area contributed by atoms with Crippen LogP contribution in [0.25, 0.3) is 10.6 Å². The van der Waals surface area contributed by atoms with Crippen molar-refractivity contribution in [3.63, 3.8) is 0 Å². The molecule has 0 bridgehead atoms. The van der Waals surface area contributed by atoms with Crippen LogP contribution in [-0.4, -0.2) is 4.57 Å². The third-order valence-electron chi connectivity index (χ3n) is 3.62. The SMILES string of the molecule is CCC(C)n1c(-c2cccs2)ccc(C(C)(C)N)c1=O. The lowest BCUT2D eigenvalue weighted by Gasteiger charge is -2.24. The maximum Gasteiger partial charge on any atom is 0.256 e. The van der Waals surface area contributed by atoms with Gasteiger partial charge in [0, 0.05) is 17.1 Å². The third kappa shape index (κ3) is 2.72. The molecule has 0 spiro atoms. The summed E-state index contributed by atoms with van der Waals surface area (Å²) in [6, 6.07) is 8.10. The molecule has 2 aromatic rings. The molecule has 2 rings (SSSR count). The molecule has 0 saturated carbocycles. The lowest BCUT2D eigenvalue weighted by molar-refractivity contribution is 0.490. The Hall–Kier alpha value is -1.39. The molecule has 0 amide bonds. The summed E-state index contributed by atoms with van der Waals surface area (Å²) in [4.78, 5) is 13.9. The summed E-state index contributed by atoms with van der Waals surface area (Å²) < 4.78 is 1.88. The van der Waals surface area contributed by atoms with Gasteiger partial charge in [0.2, 0.25) is 0 Å². The monoisotopic (exact) mass is 290 g/mol. The van der Waals surface area contributed by atoms with Crippen LogP contribution in [0.2, 0.25) is 0 Å². The van der Waals surface area contributed by atoms with Crippen LogP contribution in [0.5, 0.6) is 0 Å². The molecular formula is C16H22N2OS. The van der Waals surface area contributed by atoms with E-state index in [9.17, 15) is 4.79 Å². The first-order chi connectivity index (χ1) is 9.36. The molecule has 0 aromatic carbocycles. The predicted molar refractivity (Wildman–Crippen MR) is 86.2 cm³/mol. The van der Waals surface area contributed by atoms with Gasteiger partial charge in [-0.05, 0) is 50.8 Å². The van der Waals surface area contributed by atoms with Gasteiger partial charge in [-0.25, -0.2) is 0 Å². The normalized spacial score (nSPS) is 13.4. The second-order valence-electron chi connectivity index (χ2n) is 5.76. The Morgan fingerprint density at radius 3 is 2.55 bits per heavy atom. The molecule has 2 N–H and O–H groups in total. The zero-order valence-electron chi connectivity index (χ0n) is 12.5. The van der Waals surface area contributed by atoms with E-state index in [1.165, 1.54) is 0 Å². The summed E-state index contributed by atoms with van der Waals surface area (Å²) in [5.41, 5.74) is 7.17. The van der Waals surface area contributed by atoms with Crippen LogP contribution in [0.1, 0.15) is 45.7 Å². The highest BCUT2D eigenvalue weighted by atomic mass is 32.1. The highest BCUT2D eigenvalue weighted by Gasteiger charge is 2.22. The molecule has 0 radical (unpaired) electrons. The maximum absolute atomic E-state index is 12.8. The highest BCUT2D eigenvalue weighted by molar-refractivity contribution is 7.13. The van der Waals surface area contributed by atoms with E-state index in [4.69, 9.17) is 5.73 Å². The van der Waals surface area contributed by atoms with Crippen molar-refractivity contribution in [1.29, 1.82) is 0 Å². The molecule has 4 heteroatoms. The zero-order valence-corrected chi connectivity index (χ0v) is 13.3. The smallest absolute Gasteiger partial charge is 0.256 e. The van der Waals surface area contributed by atoms with Crippen molar-refractivity contribution in [2.45, 2.75) is 45.7 Å². The van der Waals surface area contributed by atoms with Gasteiger partial charge in [-0.1, -0.05) is 13.0 Å². The van der Waals surface area contributed by atoms with Crippen LogP contribution in [0.3, 0.4) is 0 Å². The largest absolute Gasteiger partial charge is 0.322 e. The minimum atomic E-state index is -0.625. The molecule has 0 aliphatic carbocycles. The van der Waals surface area contributed by atoms with Gasteiger partial charge in [0.15, 0.2) is 0 Å². The van der Waals surface area contributed by atoms with Crippen molar-refractivity contribution in [2.24, 2.45) is 5.73 Å². The second-order valence-corrected chi connectivity index (χ2v) is 6.71. The average Bonchev–Trinajstić information content (AvgIpc) is 2.89. The Morgan fingerprint density at radius 1 is 1.35 bits per heavy atom. The molecule has 20 heavy (non-hydrogen) atoms. The van der Waals surface area contributed by atoms with Gasteiger partial charge in [-0.3, -0.25) is 4.79 Å². The number of hydrogen-bond donors (Lipinski definition) is 1. The first-order valence-electron chi connectivity index (χ1n) is 6.95. The van der Waals surface area contributed by atoms with E-state index in [0.29, 0.717) is 5.56 Å². The van der Waals surface area contributed by atoms with Crippen molar-refractivity contribution in [1.82, 2.24) is 4.57 Å². The number of nitrogens with two attached hydrogens (primary N) is 1. The molecule has 0 aliphatic rings. The Kier molecular flexibility index (Phi) is 4.16. The Bertz CT molecular complexity index is 635. The van der Waals surface area contributed by atoms with Crippen molar-refractivity contribution >= 4 is 11.3 Å². The van der Waals surface area contributed by atoms with Gasteiger partial charge in [0.25, 0.3) is 5.56 Å². The molecule has 1 unspecified atom stereocenters. The van der Waals surface area contributed by atoms with E-state index in [1.54, 1.807) is 11.3 Å². The molecule has 3 nitrogen and oxygen atoms in total. The second kappa shape index (κ2) is 5.54. The number of thiophene rings is 1.